The van der Waals surface area contributed by atoms with Crippen LogP contribution < -0.4 is 11.1 Å². The number of amides is 2. The second-order valence-corrected chi connectivity index (χ2v) is 3.30. The zero-order valence-electron chi connectivity index (χ0n) is 8.15. The van der Waals surface area contributed by atoms with Crippen LogP contribution in [0.3, 0.4) is 0 Å². The zero-order chi connectivity index (χ0) is 10.4. The van der Waals surface area contributed by atoms with Crippen LogP contribution in [0.2, 0.25) is 0 Å². The van der Waals surface area contributed by atoms with Crippen molar-refractivity contribution in [1.29, 1.82) is 0 Å². The minimum Gasteiger partial charge on any atom is -0.396 e. The van der Waals surface area contributed by atoms with Crippen molar-refractivity contribution < 1.29 is 9.90 Å². The van der Waals surface area contributed by atoms with Crippen LogP contribution in [0.1, 0.15) is 0 Å². The van der Waals surface area contributed by atoms with Crippen molar-refractivity contribution in [3.8, 4) is 0 Å². The minimum atomic E-state index is -0.113. The monoisotopic (exact) mass is 199 g/mol. The Labute approximate surface area is 83.6 Å². The fraction of sp³-hybridized carbons (Fsp3) is 0.667. The summed E-state index contributed by atoms with van der Waals surface area (Å²) in [6.45, 7) is 2.19. The summed E-state index contributed by atoms with van der Waals surface area (Å²) in [7, 11) is 0. The van der Waals surface area contributed by atoms with Gasteiger partial charge >= 0.3 is 6.03 Å². The quantitative estimate of drug-likeness (QED) is 0.517. The van der Waals surface area contributed by atoms with Crippen molar-refractivity contribution >= 4 is 6.03 Å². The molecule has 0 aliphatic carbocycles. The number of nitrogens with zero attached hydrogens (tertiary/aromatic N) is 1. The Bertz CT molecular complexity index is 218. The molecule has 0 spiro atoms. The van der Waals surface area contributed by atoms with Gasteiger partial charge in [0.15, 0.2) is 0 Å². The number of carbonyl (C=O) groups is 1. The molecule has 0 radical (unpaired) electrons. The number of aliphatic hydroxyl groups excluding tert-OH is 1. The number of urea groups is 1. The predicted octanol–water partition coefficient (Wildman–Crippen LogP) is -0.865. The molecule has 0 bridgehead atoms. The highest BCUT2D eigenvalue weighted by atomic mass is 16.3. The molecule has 5 heteroatoms. The summed E-state index contributed by atoms with van der Waals surface area (Å²) in [6, 6.07) is -0.113. The van der Waals surface area contributed by atoms with Gasteiger partial charge in [-0.05, 0) is 0 Å². The van der Waals surface area contributed by atoms with E-state index in [1.807, 2.05) is 12.2 Å². The van der Waals surface area contributed by atoms with Crippen molar-refractivity contribution in [2.45, 2.75) is 0 Å². The van der Waals surface area contributed by atoms with Crippen LogP contribution in [0.5, 0.6) is 0 Å². The van der Waals surface area contributed by atoms with Crippen LogP contribution in [0, 0.1) is 5.92 Å². The first-order valence-corrected chi connectivity index (χ1v) is 4.78. The topological polar surface area (TPSA) is 78.6 Å². The van der Waals surface area contributed by atoms with Gasteiger partial charge in [-0.2, -0.15) is 0 Å². The molecule has 0 aromatic heterocycles. The molecule has 0 aromatic rings. The lowest BCUT2D eigenvalue weighted by molar-refractivity contribution is 0.175. The van der Waals surface area contributed by atoms with E-state index in [-0.39, 0.29) is 18.6 Å². The Hall–Kier alpha value is -1.07. The predicted molar refractivity (Wildman–Crippen MR) is 53.7 cm³/mol. The SMILES string of the molecule is NCCNC(=O)N1CC=CC(CO)C1. The van der Waals surface area contributed by atoms with Gasteiger partial charge in [-0.25, -0.2) is 4.79 Å². The molecule has 80 valence electrons. The maximum absolute atomic E-state index is 11.5. The molecular formula is C9H17N3O2. The second kappa shape index (κ2) is 5.62. The van der Waals surface area contributed by atoms with E-state index < -0.39 is 0 Å². The molecular weight excluding hydrogens is 182 g/mol. The molecule has 1 aliphatic rings. The van der Waals surface area contributed by atoms with Crippen LogP contribution >= 0.6 is 0 Å². The van der Waals surface area contributed by atoms with Gasteiger partial charge in [-0.15, -0.1) is 0 Å². The lowest BCUT2D eigenvalue weighted by Gasteiger charge is -2.27. The maximum Gasteiger partial charge on any atom is 0.317 e. The summed E-state index contributed by atoms with van der Waals surface area (Å²) in [5.41, 5.74) is 5.27. The van der Waals surface area contributed by atoms with Crippen molar-refractivity contribution in [2.75, 3.05) is 32.8 Å². The lowest BCUT2D eigenvalue weighted by atomic mass is 10.1. The molecule has 0 fully saturated rings. The Balaban J connectivity index is 2.38. The highest BCUT2D eigenvalue weighted by molar-refractivity contribution is 5.74. The van der Waals surface area contributed by atoms with Gasteiger partial charge in [0.1, 0.15) is 0 Å². The van der Waals surface area contributed by atoms with Crippen LogP contribution in [-0.2, 0) is 0 Å². The molecule has 5 nitrogen and oxygen atoms in total. The normalized spacial score (nSPS) is 21.0. The smallest absolute Gasteiger partial charge is 0.317 e. The Morgan fingerprint density at radius 1 is 1.71 bits per heavy atom. The van der Waals surface area contributed by atoms with Gasteiger partial charge in [0.25, 0.3) is 0 Å². The van der Waals surface area contributed by atoms with E-state index in [1.165, 1.54) is 0 Å². The molecule has 1 rings (SSSR count). The first-order chi connectivity index (χ1) is 6.77. The summed E-state index contributed by atoms with van der Waals surface area (Å²) < 4.78 is 0. The number of carbonyl (C=O) groups excluding carboxylic acids is 1. The van der Waals surface area contributed by atoms with Crippen molar-refractivity contribution in [3.05, 3.63) is 12.2 Å². The van der Waals surface area contributed by atoms with Gasteiger partial charge in [0.05, 0.1) is 6.61 Å². The summed E-state index contributed by atoms with van der Waals surface area (Å²) in [5, 5.41) is 11.6. The highest BCUT2D eigenvalue weighted by Gasteiger charge is 2.18. The zero-order valence-corrected chi connectivity index (χ0v) is 8.15. The number of aliphatic hydroxyl groups is 1. The van der Waals surface area contributed by atoms with Gasteiger partial charge in [0.2, 0.25) is 0 Å². The van der Waals surface area contributed by atoms with Gasteiger partial charge in [-0.1, -0.05) is 12.2 Å². The van der Waals surface area contributed by atoms with E-state index in [2.05, 4.69) is 5.32 Å². The average Bonchev–Trinajstić information content (AvgIpc) is 2.26. The van der Waals surface area contributed by atoms with Gasteiger partial charge in [0, 0.05) is 32.1 Å². The van der Waals surface area contributed by atoms with E-state index in [9.17, 15) is 4.79 Å². The average molecular weight is 199 g/mol. The Morgan fingerprint density at radius 3 is 3.14 bits per heavy atom. The summed E-state index contributed by atoms with van der Waals surface area (Å²) >= 11 is 0. The summed E-state index contributed by atoms with van der Waals surface area (Å²) in [5.74, 6) is 0.0624. The number of nitrogens with one attached hydrogen (secondary N) is 1. The largest absolute Gasteiger partial charge is 0.396 e. The fourth-order valence-electron chi connectivity index (χ4n) is 1.37. The molecule has 0 saturated heterocycles. The third kappa shape index (κ3) is 3.01. The Morgan fingerprint density at radius 2 is 2.50 bits per heavy atom. The molecule has 1 aliphatic heterocycles. The first kappa shape index (κ1) is 11.0. The number of hydrogen-bond acceptors (Lipinski definition) is 3. The van der Waals surface area contributed by atoms with Crippen LogP contribution in [-0.4, -0.2) is 48.8 Å². The highest BCUT2D eigenvalue weighted by Crippen LogP contribution is 2.08. The van der Waals surface area contributed by atoms with E-state index >= 15 is 0 Å². The molecule has 2 amide bonds. The van der Waals surface area contributed by atoms with E-state index in [4.69, 9.17) is 10.8 Å². The molecule has 1 unspecified atom stereocenters. The van der Waals surface area contributed by atoms with E-state index in [0.717, 1.165) is 0 Å². The third-order valence-corrected chi connectivity index (χ3v) is 2.13. The summed E-state index contributed by atoms with van der Waals surface area (Å²) in [4.78, 5) is 13.1. The molecule has 1 heterocycles. The van der Waals surface area contributed by atoms with Gasteiger partial charge < -0.3 is 21.1 Å². The molecule has 0 saturated carbocycles. The standard InChI is InChI=1S/C9H17N3O2/c10-3-4-11-9(14)12-5-1-2-8(6-12)7-13/h1-2,8,13H,3-7,10H2,(H,11,14). The minimum absolute atomic E-state index is 0.0624. The fourth-order valence-corrected chi connectivity index (χ4v) is 1.37. The third-order valence-electron chi connectivity index (χ3n) is 2.13. The number of hydrogen-bond donors (Lipinski definition) is 3. The van der Waals surface area contributed by atoms with Gasteiger partial charge in [-0.3, -0.25) is 0 Å². The Kier molecular flexibility index (Phi) is 4.42. The van der Waals surface area contributed by atoms with Crippen LogP contribution in [0.25, 0.3) is 0 Å². The van der Waals surface area contributed by atoms with Crippen molar-refractivity contribution in [1.82, 2.24) is 10.2 Å². The first-order valence-electron chi connectivity index (χ1n) is 4.78. The van der Waals surface area contributed by atoms with Crippen molar-refractivity contribution in [2.24, 2.45) is 11.7 Å². The van der Waals surface area contributed by atoms with E-state index in [0.29, 0.717) is 26.2 Å². The molecule has 4 N–H and O–H groups in total. The second-order valence-electron chi connectivity index (χ2n) is 3.30. The number of rotatable bonds is 3. The van der Waals surface area contributed by atoms with Crippen molar-refractivity contribution in [3.63, 3.8) is 0 Å². The van der Waals surface area contributed by atoms with E-state index in [1.54, 1.807) is 4.90 Å². The maximum atomic E-state index is 11.5. The van der Waals surface area contributed by atoms with Crippen LogP contribution in [0.4, 0.5) is 4.79 Å². The number of nitrogens with two attached hydrogens (primary N) is 1. The molecule has 0 aromatic carbocycles. The molecule has 1 atom stereocenters. The van der Waals surface area contributed by atoms with Crippen LogP contribution in [0.15, 0.2) is 12.2 Å². The molecule has 14 heavy (non-hydrogen) atoms. The summed E-state index contributed by atoms with van der Waals surface area (Å²) in [6.07, 6.45) is 3.83. The lowest BCUT2D eigenvalue weighted by Crippen LogP contribution is -2.45.